The van der Waals surface area contributed by atoms with E-state index in [1.807, 2.05) is 76.3 Å². The number of aryl methyl sites for hydroxylation is 1. The van der Waals surface area contributed by atoms with Gasteiger partial charge in [0.1, 0.15) is 0 Å². The first kappa shape index (κ1) is 23.5. The van der Waals surface area contributed by atoms with Gasteiger partial charge < -0.3 is 20.3 Å². The molecule has 6 nitrogen and oxygen atoms in total. The smallest absolute Gasteiger partial charge is 0.338 e. The van der Waals surface area contributed by atoms with Gasteiger partial charge >= 0.3 is 5.97 Å². The summed E-state index contributed by atoms with van der Waals surface area (Å²) in [5, 5.41) is 6.68. The first-order valence-electron chi connectivity index (χ1n) is 10.7. The van der Waals surface area contributed by atoms with Crippen molar-refractivity contribution in [3.05, 3.63) is 76.5 Å². The summed E-state index contributed by atoms with van der Waals surface area (Å²) in [5.41, 5.74) is 4.42. The third-order valence-corrected chi connectivity index (χ3v) is 5.81. The molecule has 0 radical (unpaired) electrons. The number of carbonyl (C=O) groups excluding carboxylic acids is 2. The highest BCUT2D eigenvalue weighted by Crippen LogP contribution is 2.32. The Kier molecular flexibility index (Phi) is 7.30. The molecule has 32 heavy (non-hydrogen) atoms. The molecule has 0 aromatic heterocycles. The molecule has 168 valence electrons. The molecule has 1 atom stereocenters. The molecule has 7 heteroatoms. The zero-order valence-electron chi connectivity index (χ0n) is 19.1. The molecule has 1 aliphatic heterocycles. The molecule has 1 heterocycles. The number of hydrogen-bond acceptors (Lipinski definition) is 4. The number of thiocarbonyl (C=S) groups is 1. The van der Waals surface area contributed by atoms with Crippen LogP contribution >= 0.6 is 12.2 Å². The van der Waals surface area contributed by atoms with E-state index in [0.29, 0.717) is 21.9 Å². The molecule has 0 spiro atoms. The molecule has 0 fully saturated rings. The number of allylic oxidation sites excluding steroid dienone is 1. The van der Waals surface area contributed by atoms with Gasteiger partial charge in [0, 0.05) is 24.0 Å². The second kappa shape index (κ2) is 9.96. The van der Waals surface area contributed by atoms with Crippen molar-refractivity contribution in [2.75, 3.05) is 12.4 Å². The van der Waals surface area contributed by atoms with Crippen molar-refractivity contribution in [2.45, 2.75) is 46.3 Å². The Bertz CT molecular complexity index is 1060. The third kappa shape index (κ3) is 5.16. The lowest BCUT2D eigenvalue weighted by Crippen LogP contribution is -2.46. The molecule has 0 aliphatic carbocycles. The van der Waals surface area contributed by atoms with Gasteiger partial charge in [0.25, 0.3) is 5.91 Å². The fraction of sp³-hybridized carbons (Fsp3) is 0.320. The first-order valence-corrected chi connectivity index (χ1v) is 11.1. The van der Waals surface area contributed by atoms with Crippen molar-refractivity contribution < 1.29 is 14.3 Å². The van der Waals surface area contributed by atoms with Crippen LogP contribution in [0.25, 0.3) is 0 Å². The van der Waals surface area contributed by atoms with E-state index < -0.39 is 12.0 Å². The summed E-state index contributed by atoms with van der Waals surface area (Å²) in [6.07, 6.45) is 0.677. The van der Waals surface area contributed by atoms with E-state index in [0.717, 1.165) is 17.7 Å². The second-order valence-electron chi connectivity index (χ2n) is 8.02. The molecule has 1 unspecified atom stereocenters. The Hall–Kier alpha value is -3.19. The average Bonchev–Trinajstić information content (AvgIpc) is 2.76. The number of esters is 1. The molecule has 2 aromatic rings. The lowest BCUT2D eigenvalue weighted by molar-refractivity contribution is -0.143. The Morgan fingerprint density at radius 1 is 1.19 bits per heavy atom. The van der Waals surface area contributed by atoms with Crippen LogP contribution in [0.15, 0.2) is 59.8 Å². The largest absolute Gasteiger partial charge is 0.459 e. The monoisotopic (exact) mass is 451 g/mol. The SMILES string of the molecule is CCc1ccc(C(=O)Nc2cccc(C3NC(=S)N(C)C(C)=C3C(=O)OC(C)C)c2)cc1. The Morgan fingerprint density at radius 2 is 1.88 bits per heavy atom. The Morgan fingerprint density at radius 3 is 2.50 bits per heavy atom. The first-order chi connectivity index (χ1) is 15.2. The predicted octanol–water partition coefficient (Wildman–Crippen LogP) is 4.59. The normalized spacial score (nSPS) is 16.1. The standard InChI is InChI=1S/C25H29N3O3S/c1-6-17-10-12-18(13-11-17)23(29)26-20-9-7-8-19(14-20)22-21(24(30)31-15(2)3)16(4)28(5)25(32)27-22/h7-15,22H,6H2,1-5H3,(H,26,29)(H,27,32). The molecule has 2 aromatic carbocycles. The van der Waals surface area contributed by atoms with Crippen LogP contribution in [0.4, 0.5) is 5.69 Å². The van der Waals surface area contributed by atoms with Gasteiger partial charge in [-0.3, -0.25) is 4.79 Å². The third-order valence-electron chi connectivity index (χ3n) is 5.42. The molecular weight excluding hydrogens is 422 g/mol. The number of amides is 1. The fourth-order valence-corrected chi connectivity index (χ4v) is 3.77. The summed E-state index contributed by atoms with van der Waals surface area (Å²) < 4.78 is 5.49. The van der Waals surface area contributed by atoms with E-state index in [1.54, 1.807) is 4.90 Å². The van der Waals surface area contributed by atoms with Crippen LogP contribution in [0, 0.1) is 0 Å². The molecule has 1 aliphatic rings. The zero-order chi connectivity index (χ0) is 23.4. The van der Waals surface area contributed by atoms with Crippen molar-refractivity contribution in [3.63, 3.8) is 0 Å². The second-order valence-corrected chi connectivity index (χ2v) is 8.41. The Balaban J connectivity index is 1.89. The molecule has 1 amide bonds. The van der Waals surface area contributed by atoms with E-state index in [9.17, 15) is 9.59 Å². The van der Waals surface area contributed by atoms with Gasteiger partial charge in [0.15, 0.2) is 5.11 Å². The zero-order valence-corrected chi connectivity index (χ0v) is 19.9. The average molecular weight is 452 g/mol. The molecule has 0 saturated heterocycles. The van der Waals surface area contributed by atoms with Crippen molar-refractivity contribution in [3.8, 4) is 0 Å². The van der Waals surface area contributed by atoms with Crippen LogP contribution in [0.3, 0.4) is 0 Å². The van der Waals surface area contributed by atoms with Crippen LogP contribution in [-0.2, 0) is 16.0 Å². The molecule has 0 saturated carbocycles. The number of benzene rings is 2. The maximum absolute atomic E-state index is 12.9. The minimum atomic E-state index is -0.481. The van der Waals surface area contributed by atoms with Crippen LogP contribution in [0.2, 0.25) is 0 Å². The maximum atomic E-state index is 12.9. The van der Waals surface area contributed by atoms with Gasteiger partial charge in [-0.05, 0) is 74.8 Å². The molecular formula is C25H29N3O3S. The van der Waals surface area contributed by atoms with Crippen molar-refractivity contribution >= 4 is 34.9 Å². The number of hydrogen-bond donors (Lipinski definition) is 2. The minimum Gasteiger partial charge on any atom is -0.459 e. The van der Waals surface area contributed by atoms with E-state index in [-0.39, 0.29) is 12.0 Å². The number of ether oxygens (including phenoxy) is 1. The fourth-order valence-electron chi connectivity index (χ4n) is 3.52. The van der Waals surface area contributed by atoms with Crippen molar-refractivity contribution in [1.29, 1.82) is 0 Å². The summed E-state index contributed by atoms with van der Waals surface area (Å²) in [4.78, 5) is 27.4. The number of nitrogens with zero attached hydrogens (tertiary/aromatic N) is 1. The number of anilines is 1. The highest BCUT2D eigenvalue weighted by molar-refractivity contribution is 7.80. The van der Waals surface area contributed by atoms with Gasteiger partial charge in [-0.1, -0.05) is 31.2 Å². The summed E-state index contributed by atoms with van der Waals surface area (Å²) >= 11 is 5.46. The van der Waals surface area contributed by atoms with Crippen LogP contribution < -0.4 is 10.6 Å². The van der Waals surface area contributed by atoms with E-state index in [2.05, 4.69) is 17.6 Å². The van der Waals surface area contributed by atoms with Crippen molar-refractivity contribution in [2.24, 2.45) is 0 Å². The summed E-state index contributed by atoms with van der Waals surface area (Å²) in [7, 11) is 1.81. The van der Waals surface area contributed by atoms with Crippen molar-refractivity contribution in [1.82, 2.24) is 10.2 Å². The maximum Gasteiger partial charge on any atom is 0.338 e. The lowest BCUT2D eigenvalue weighted by atomic mass is 9.94. The summed E-state index contributed by atoms with van der Waals surface area (Å²) in [6.45, 7) is 7.56. The highest BCUT2D eigenvalue weighted by Gasteiger charge is 2.34. The van der Waals surface area contributed by atoms with Crippen LogP contribution in [0.5, 0.6) is 0 Å². The van der Waals surface area contributed by atoms with Gasteiger partial charge in [0.2, 0.25) is 0 Å². The Labute approximate surface area is 194 Å². The quantitative estimate of drug-likeness (QED) is 0.495. The predicted molar refractivity (Wildman–Crippen MR) is 130 cm³/mol. The summed E-state index contributed by atoms with van der Waals surface area (Å²) in [6, 6.07) is 14.5. The summed E-state index contributed by atoms with van der Waals surface area (Å²) in [5.74, 6) is -0.586. The van der Waals surface area contributed by atoms with Crippen LogP contribution in [-0.4, -0.2) is 35.0 Å². The van der Waals surface area contributed by atoms with E-state index >= 15 is 0 Å². The highest BCUT2D eigenvalue weighted by atomic mass is 32.1. The molecule has 3 rings (SSSR count). The van der Waals surface area contributed by atoms with Gasteiger partial charge in [-0.2, -0.15) is 0 Å². The number of carbonyl (C=O) groups is 2. The minimum absolute atomic E-state index is 0.192. The van der Waals surface area contributed by atoms with E-state index in [4.69, 9.17) is 17.0 Å². The van der Waals surface area contributed by atoms with Crippen LogP contribution in [0.1, 0.15) is 55.2 Å². The molecule has 2 N–H and O–H groups in total. The topological polar surface area (TPSA) is 70.7 Å². The van der Waals surface area contributed by atoms with Gasteiger partial charge in [-0.25, -0.2) is 4.79 Å². The number of rotatable bonds is 6. The van der Waals surface area contributed by atoms with Gasteiger partial charge in [-0.15, -0.1) is 0 Å². The molecule has 0 bridgehead atoms. The number of nitrogens with one attached hydrogen (secondary N) is 2. The van der Waals surface area contributed by atoms with Gasteiger partial charge in [0.05, 0.1) is 17.7 Å². The van der Waals surface area contributed by atoms with E-state index in [1.165, 1.54) is 5.56 Å². The lowest BCUT2D eigenvalue weighted by Gasteiger charge is -2.35.